The summed E-state index contributed by atoms with van der Waals surface area (Å²) in [4.78, 5) is 6.46. The summed E-state index contributed by atoms with van der Waals surface area (Å²) in [5.74, 6) is 0. The summed E-state index contributed by atoms with van der Waals surface area (Å²) in [6.07, 6.45) is 0. The van der Waals surface area contributed by atoms with Crippen molar-refractivity contribution in [3.63, 3.8) is 0 Å². The first kappa shape index (κ1) is 22.7. The Balaban J connectivity index is 0.00000169. The molecule has 0 saturated carbocycles. The Labute approximate surface area is 171 Å². The predicted octanol–water partition coefficient (Wildman–Crippen LogP) is 3.60. The molecule has 5 nitrogen and oxygen atoms in total. The number of benzene rings is 2. The normalized spacial score (nSPS) is 11.2. The second-order valence-electron chi connectivity index (χ2n) is 5.92. The monoisotopic (exact) mass is 417 g/mol. The minimum Gasteiger partial charge on any atom is -0.395 e. The van der Waals surface area contributed by atoms with Crippen molar-refractivity contribution in [2.45, 2.75) is 9.79 Å². The average molecular weight is 418 g/mol. The number of fused-ring (bicyclic) bond motifs is 2. The molecule has 0 radical (unpaired) electrons. The van der Waals surface area contributed by atoms with Crippen LogP contribution in [-0.4, -0.2) is 50.6 Å². The molecule has 0 amide bonds. The van der Waals surface area contributed by atoms with Crippen LogP contribution in [0.3, 0.4) is 0 Å². The van der Waals surface area contributed by atoms with E-state index in [-0.39, 0.29) is 38.0 Å². The van der Waals surface area contributed by atoms with Gasteiger partial charge in [-0.05, 0) is 36.4 Å². The van der Waals surface area contributed by atoms with Gasteiger partial charge in [-0.2, -0.15) is 0 Å². The molecule has 2 aromatic carbocycles. The lowest BCUT2D eigenvalue weighted by molar-refractivity contribution is 0.281. The second kappa shape index (κ2) is 10.1. The SMILES string of the molecule is CN(C)c1ccc2c(c1)Nc1cc(N(CCO)CCO)ccc1S2.Cl.Cl. The summed E-state index contributed by atoms with van der Waals surface area (Å²) in [6, 6.07) is 12.6. The Hall–Kier alpha value is -1.31. The van der Waals surface area contributed by atoms with Crippen molar-refractivity contribution in [1.82, 2.24) is 0 Å². The fraction of sp³-hybridized carbons (Fsp3) is 0.333. The van der Waals surface area contributed by atoms with Crippen LogP contribution >= 0.6 is 36.6 Å². The molecule has 0 saturated heterocycles. The summed E-state index contributed by atoms with van der Waals surface area (Å²) in [6.45, 7) is 1.14. The van der Waals surface area contributed by atoms with Gasteiger partial charge in [-0.3, -0.25) is 0 Å². The maximum absolute atomic E-state index is 9.23. The third kappa shape index (κ3) is 4.90. The van der Waals surface area contributed by atoms with Gasteiger partial charge in [0.2, 0.25) is 0 Å². The minimum absolute atomic E-state index is 0. The first-order valence-corrected chi connectivity index (χ1v) is 8.81. The fourth-order valence-electron chi connectivity index (χ4n) is 2.76. The molecule has 1 heterocycles. The van der Waals surface area contributed by atoms with Gasteiger partial charge in [0, 0.05) is 48.4 Å². The van der Waals surface area contributed by atoms with Crippen molar-refractivity contribution in [2.75, 3.05) is 55.5 Å². The summed E-state index contributed by atoms with van der Waals surface area (Å²) in [7, 11) is 4.07. The summed E-state index contributed by atoms with van der Waals surface area (Å²) in [5.41, 5.74) is 4.31. The van der Waals surface area contributed by atoms with E-state index in [0.717, 1.165) is 22.7 Å². The van der Waals surface area contributed by atoms with Crippen molar-refractivity contribution >= 4 is 59.3 Å². The van der Waals surface area contributed by atoms with Crippen molar-refractivity contribution in [1.29, 1.82) is 0 Å². The highest BCUT2D eigenvalue weighted by Crippen LogP contribution is 2.46. The smallest absolute Gasteiger partial charge is 0.0606 e. The number of anilines is 4. The van der Waals surface area contributed by atoms with Crippen molar-refractivity contribution in [3.8, 4) is 0 Å². The van der Waals surface area contributed by atoms with Crippen LogP contribution in [0.5, 0.6) is 0 Å². The van der Waals surface area contributed by atoms with Crippen molar-refractivity contribution in [2.24, 2.45) is 0 Å². The standard InChI is InChI=1S/C18H23N3O2S.2ClH/c1-20(2)13-3-5-17-15(11-13)19-16-12-14(4-6-18(16)24-17)21(7-9-22)8-10-23;;/h3-6,11-12,19,22-23H,7-10H2,1-2H3;2*1H. The zero-order valence-corrected chi connectivity index (χ0v) is 17.3. The van der Waals surface area contributed by atoms with Gasteiger partial charge in [0.15, 0.2) is 0 Å². The molecule has 0 bridgehead atoms. The number of hydrogen-bond acceptors (Lipinski definition) is 6. The lowest BCUT2D eigenvalue weighted by atomic mass is 10.2. The molecule has 0 aromatic heterocycles. The molecule has 0 fully saturated rings. The molecule has 8 heteroatoms. The van der Waals surface area contributed by atoms with Gasteiger partial charge < -0.3 is 25.3 Å². The number of aliphatic hydroxyl groups excluding tert-OH is 2. The summed E-state index contributed by atoms with van der Waals surface area (Å²) in [5, 5.41) is 22.0. The predicted molar refractivity (Wildman–Crippen MR) is 115 cm³/mol. The first-order chi connectivity index (χ1) is 11.6. The topological polar surface area (TPSA) is 59.0 Å². The van der Waals surface area contributed by atoms with E-state index < -0.39 is 0 Å². The largest absolute Gasteiger partial charge is 0.395 e. The summed E-state index contributed by atoms with van der Waals surface area (Å²) >= 11 is 1.75. The van der Waals surface area contributed by atoms with Gasteiger partial charge >= 0.3 is 0 Å². The Kier molecular flexibility index (Phi) is 8.86. The number of halogens is 2. The molecule has 2 aromatic rings. The van der Waals surface area contributed by atoms with Crippen LogP contribution in [0.2, 0.25) is 0 Å². The van der Waals surface area contributed by atoms with E-state index in [4.69, 9.17) is 0 Å². The molecule has 1 aliphatic heterocycles. The number of rotatable bonds is 6. The van der Waals surface area contributed by atoms with Crippen LogP contribution in [-0.2, 0) is 0 Å². The maximum Gasteiger partial charge on any atom is 0.0606 e. The molecule has 26 heavy (non-hydrogen) atoms. The highest BCUT2D eigenvalue weighted by atomic mass is 35.5. The highest BCUT2D eigenvalue weighted by Gasteiger charge is 2.18. The number of nitrogens with one attached hydrogen (secondary N) is 1. The number of hydrogen-bond donors (Lipinski definition) is 3. The molecule has 0 atom stereocenters. The van der Waals surface area contributed by atoms with Gasteiger partial charge in [0.1, 0.15) is 0 Å². The third-order valence-corrected chi connectivity index (χ3v) is 5.19. The fourth-order valence-corrected chi connectivity index (χ4v) is 3.71. The molecule has 3 N–H and O–H groups in total. The van der Waals surface area contributed by atoms with Gasteiger partial charge in [-0.1, -0.05) is 11.8 Å². The van der Waals surface area contributed by atoms with Crippen LogP contribution in [0.4, 0.5) is 22.7 Å². The maximum atomic E-state index is 9.23. The number of nitrogens with zero attached hydrogens (tertiary/aromatic N) is 2. The first-order valence-electron chi connectivity index (χ1n) is 7.99. The quantitative estimate of drug-likeness (QED) is 0.569. The molecule has 0 unspecified atom stereocenters. The average Bonchev–Trinajstić information content (AvgIpc) is 2.58. The molecule has 3 rings (SSSR count). The van der Waals surface area contributed by atoms with Crippen LogP contribution in [0.15, 0.2) is 46.2 Å². The highest BCUT2D eigenvalue weighted by molar-refractivity contribution is 7.99. The van der Waals surface area contributed by atoms with Gasteiger partial charge in [-0.15, -0.1) is 24.8 Å². The lowest BCUT2D eigenvalue weighted by Crippen LogP contribution is -2.29. The van der Waals surface area contributed by atoms with E-state index >= 15 is 0 Å². The molecule has 0 aliphatic carbocycles. The van der Waals surface area contributed by atoms with Gasteiger partial charge in [-0.25, -0.2) is 0 Å². The second-order valence-corrected chi connectivity index (χ2v) is 7.00. The van der Waals surface area contributed by atoms with E-state index in [9.17, 15) is 10.2 Å². The molecule has 144 valence electrons. The Morgan fingerprint density at radius 3 is 1.85 bits per heavy atom. The van der Waals surface area contributed by atoms with E-state index in [0.29, 0.717) is 13.1 Å². The Morgan fingerprint density at radius 2 is 1.35 bits per heavy atom. The van der Waals surface area contributed by atoms with Crippen molar-refractivity contribution < 1.29 is 10.2 Å². The minimum atomic E-state index is 0. The Bertz CT molecular complexity index is 726. The zero-order chi connectivity index (χ0) is 17.1. The third-order valence-electron chi connectivity index (χ3n) is 4.04. The van der Waals surface area contributed by atoms with Crippen LogP contribution < -0.4 is 15.1 Å². The number of aliphatic hydroxyl groups is 2. The van der Waals surface area contributed by atoms with E-state index in [1.807, 2.05) is 25.1 Å². The molecular weight excluding hydrogens is 393 g/mol. The van der Waals surface area contributed by atoms with Crippen LogP contribution in [0, 0.1) is 0 Å². The molecular formula is C18H25Cl2N3O2S. The Morgan fingerprint density at radius 1 is 0.846 bits per heavy atom. The zero-order valence-electron chi connectivity index (χ0n) is 14.8. The van der Waals surface area contributed by atoms with Crippen LogP contribution in [0.25, 0.3) is 0 Å². The van der Waals surface area contributed by atoms with Gasteiger partial charge in [0.05, 0.1) is 24.6 Å². The van der Waals surface area contributed by atoms with E-state index in [2.05, 4.69) is 40.5 Å². The van der Waals surface area contributed by atoms with E-state index in [1.165, 1.54) is 9.79 Å². The van der Waals surface area contributed by atoms with Crippen molar-refractivity contribution in [3.05, 3.63) is 36.4 Å². The van der Waals surface area contributed by atoms with Crippen LogP contribution in [0.1, 0.15) is 0 Å². The lowest BCUT2D eigenvalue weighted by Gasteiger charge is -2.27. The molecule has 0 spiro atoms. The molecule has 1 aliphatic rings. The van der Waals surface area contributed by atoms with Gasteiger partial charge in [0.25, 0.3) is 0 Å². The summed E-state index contributed by atoms with van der Waals surface area (Å²) < 4.78 is 0. The van der Waals surface area contributed by atoms with E-state index in [1.54, 1.807) is 11.8 Å².